The third-order valence-electron chi connectivity index (χ3n) is 4.82. The van der Waals surface area contributed by atoms with Gasteiger partial charge >= 0.3 is 51.4 Å². The van der Waals surface area contributed by atoms with E-state index in [-0.39, 0.29) is 62.7 Å². The summed E-state index contributed by atoms with van der Waals surface area (Å²) in [4.78, 5) is 11.8. The number of carbonyl (C=O) groups excluding carboxylic acids is 1. The first-order valence-electron chi connectivity index (χ1n) is 9.99. The monoisotopic (exact) mass is 444 g/mol. The van der Waals surface area contributed by atoms with Crippen LogP contribution in [0.5, 0.6) is 11.5 Å². The SMILES string of the molecule is COc1cc(/C=C/c2ccccc2)c(C(=O)[O-])c(O)c1C/C=C(\C)CCC=C(C)C.[K+]. The van der Waals surface area contributed by atoms with Crippen LogP contribution in [-0.2, 0) is 6.42 Å². The maximum Gasteiger partial charge on any atom is 1.00 e. The van der Waals surface area contributed by atoms with E-state index in [1.165, 1.54) is 12.7 Å². The molecule has 0 atom stereocenters. The Bertz CT molecular complexity index is 969. The van der Waals surface area contributed by atoms with Crippen LogP contribution in [0.3, 0.4) is 0 Å². The molecule has 2 aromatic carbocycles. The summed E-state index contributed by atoms with van der Waals surface area (Å²) in [5.41, 5.74) is 3.90. The maximum absolute atomic E-state index is 11.8. The smallest absolute Gasteiger partial charge is 0.545 e. The molecule has 0 amide bonds. The molecule has 0 aliphatic rings. The number of ether oxygens (including phenoxy) is 1. The molecule has 31 heavy (non-hydrogen) atoms. The Kier molecular flexibility index (Phi) is 12.1. The predicted octanol–water partition coefficient (Wildman–Crippen LogP) is 2.17. The zero-order valence-corrected chi connectivity index (χ0v) is 22.2. The van der Waals surface area contributed by atoms with Crippen LogP contribution in [0.15, 0.2) is 59.7 Å². The number of phenols is 1. The van der Waals surface area contributed by atoms with Crippen LogP contribution in [0.25, 0.3) is 12.2 Å². The normalized spacial score (nSPS) is 11.2. The van der Waals surface area contributed by atoms with E-state index < -0.39 is 5.97 Å². The molecule has 0 aliphatic carbocycles. The molecule has 0 fully saturated rings. The molecular weight excluding hydrogens is 415 g/mol. The van der Waals surface area contributed by atoms with Crippen LogP contribution < -0.4 is 61.2 Å². The van der Waals surface area contributed by atoms with Gasteiger partial charge in [0, 0.05) is 11.1 Å². The Morgan fingerprint density at radius 1 is 1.10 bits per heavy atom. The quantitative estimate of drug-likeness (QED) is 0.366. The number of methoxy groups -OCH3 is 1. The van der Waals surface area contributed by atoms with Crippen molar-refractivity contribution in [3.8, 4) is 11.5 Å². The van der Waals surface area contributed by atoms with Gasteiger partial charge in [-0.1, -0.05) is 65.8 Å². The molecule has 0 unspecified atom stereocenters. The number of carbonyl (C=O) groups is 1. The Morgan fingerprint density at radius 2 is 1.77 bits per heavy atom. The molecular formula is C26H29KO4. The van der Waals surface area contributed by atoms with Crippen molar-refractivity contribution >= 4 is 18.1 Å². The zero-order valence-electron chi connectivity index (χ0n) is 19.1. The van der Waals surface area contributed by atoms with Gasteiger partial charge in [0.25, 0.3) is 0 Å². The summed E-state index contributed by atoms with van der Waals surface area (Å²) in [6.07, 6.45) is 9.83. The van der Waals surface area contributed by atoms with E-state index in [1.807, 2.05) is 43.3 Å². The summed E-state index contributed by atoms with van der Waals surface area (Å²) in [5.74, 6) is -1.29. The zero-order chi connectivity index (χ0) is 22.1. The van der Waals surface area contributed by atoms with E-state index in [1.54, 1.807) is 18.2 Å². The van der Waals surface area contributed by atoms with Gasteiger partial charge < -0.3 is 19.7 Å². The largest absolute Gasteiger partial charge is 1.00 e. The van der Waals surface area contributed by atoms with Crippen molar-refractivity contribution in [2.24, 2.45) is 0 Å². The van der Waals surface area contributed by atoms with Crippen LogP contribution in [0.1, 0.15) is 60.7 Å². The Morgan fingerprint density at radius 3 is 2.35 bits per heavy atom. The fourth-order valence-electron chi connectivity index (χ4n) is 3.15. The summed E-state index contributed by atoms with van der Waals surface area (Å²) >= 11 is 0. The van der Waals surface area contributed by atoms with Gasteiger partial charge in [-0.25, -0.2) is 0 Å². The number of rotatable bonds is 9. The van der Waals surface area contributed by atoms with Gasteiger partial charge in [-0.15, -0.1) is 0 Å². The third kappa shape index (κ3) is 8.43. The first-order chi connectivity index (χ1) is 14.3. The Labute approximate surface area is 227 Å². The van der Waals surface area contributed by atoms with E-state index in [0.29, 0.717) is 23.3 Å². The van der Waals surface area contributed by atoms with Gasteiger partial charge in [0.15, 0.2) is 0 Å². The molecule has 0 spiro atoms. The summed E-state index contributed by atoms with van der Waals surface area (Å²) in [6, 6.07) is 11.1. The van der Waals surface area contributed by atoms with E-state index in [0.717, 1.165) is 24.0 Å². The molecule has 0 saturated carbocycles. The van der Waals surface area contributed by atoms with Crippen LogP contribution in [-0.4, -0.2) is 18.2 Å². The molecule has 0 aliphatic heterocycles. The summed E-state index contributed by atoms with van der Waals surface area (Å²) in [7, 11) is 1.51. The van der Waals surface area contributed by atoms with E-state index in [4.69, 9.17) is 4.74 Å². The molecule has 2 aromatic rings. The van der Waals surface area contributed by atoms with E-state index in [9.17, 15) is 15.0 Å². The van der Waals surface area contributed by atoms with Crippen molar-refractivity contribution < 1.29 is 71.1 Å². The number of hydrogen-bond donors (Lipinski definition) is 1. The maximum atomic E-state index is 11.8. The molecule has 4 nitrogen and oxygen atoms in total. The molecule has 1 N–H and O–H groups in total. The minimum atomic E-state index is -1.42. The van der Waals surface area contributed by atoms with Crippen LogP contribution >= 0.6 is 0 Å². The van der Waals surface area contributed by atoms with Gasteiger partial charge in [-0.05, 0) is 57.2 Å². The second-order valence-corrected chi connectivity index (χ2v) is 7.48. The Balaban J connectivity index is 0.00000480. The van der Waals surface area contributed by atoms with Gasteiger partial charge in [0.1, 0.15) is 11.5 Å². The minimum absolute atomic E-state index is 0. The number of benzene rings is 2. The third-order valence-corrected chi connectivity index (χ3v) is 4.82. The van der Waals surface area contributed by atoms with Gasteiger partial charge in [-0.3, -0.25) is 0 Å². The van der Waals surface area contributed by atoms with Crippen molar-refractivity contribution in [2.75, 3.05) is 7.11 Å². The van der Waals surface area contributed by atoms with Gasteiger partial charge in [0.05, 0.1) is 13.1 Å². The number of aromatic hydroxyl groups is 1. The fraction of sp³-hybridized carbons (Fsp3) is 0.269. The van der Waals surface area contributed by atoms with Crippen molar-refractivity contribution in [2.45, 2.75) is 40.0 Å². The molecule has 2 rings (SSSR count). The average molecular weight is 445 g/mol. The molecule has 0 heterocycles. The van der Waals surface area contributed by atoms with E-state index in [2.05, 4.69) is 19.9 Å². The van der Waals surface area contributed by atoms with Gasteiger partial charge in [0.2, 0.25) is 0 Å². The van der Waals surface area contributed by atoms with Crippen molar-refractivity contribution in [3.63, 3.8) is 0 Å². The van der Waals surface area contributed by atoms with Crippen molar-refractivity contribution in [1.29, 1.82) is 0 Å². The van der Waals surface area contributed by atoms with Crippen LogP contribution in [0, 0.1) is 0 Å². The number of allylic oxidation sites excluding steroid dienone is 4. The van der Waals surface area contributed by atoms with E-state index >= 15 is 0 Å². The topological polar surface area (TPSA) is 69.6 Å². The van der Waals surface area contributed by atoms with Crippen LogP contribution in [0.2, 0.25) is 0 Å². The Hall–Kier alpha value is -1.63. The average Bonchev–Trinajstić information content (AvgIpc) is 2.71. The number of carboxylic acids is 1. The number of carboxylic acid groups (broad SMARTS) is 1. The second-order valence-electron chi connectivity index (χ2n) is 7.48. The molecule has 0 bridgehead atoms. The van der Waals surface area contributed by atoms with Crippen molar-refractivity contribution in [1.82, 2.24) is 0 Å². The second kappa shape index (κ2) is 13.7. The molecule has 0 radical (unpaired) electrons. The number of aromatic carboxylic acids is 1. The first kappa shape index (κ1) is 27.4. The molecule has 158 valence electrons. The van der Waals surface area contributed by atoms with Crippen LogP contribution in [0.4, 0.5) is 0 Å². The first-order valence-corrected chi connectivity index (χ1v) is 9.99. The minimum Gasteiger partial charge on any atom is -0.545 e. The van der Waals surface area contributed by atoms with Gasteiger partial charge in [-0.2, -0.15) is 0 Å². The molecule has 5 heteroatoms. The summed E-state index contributed by atoms with van der Waals surface area (Å²) in [5, 5.41) is 22.5. The molecule has 0 saturated heterocycles. The summed E-state index contributed by atoms with van der Waals surface area (Å²) in [6.45, 7) is 6.16. The fourth-order valence-corrected chi connectivity index (χ4v) is 3.15. The van der Waals surface area contributed by atoms with Crippen molar-refractivity contribution in [3.05, 3.63) is 82.0 Å². The molecule has 0 aromatic heterocycles. The standard InChI is InChI=1S/C26H30O4.K/c1-18(2)9-8-10-19(3)13-16-22-23(30-4)17-21(24(25(22)27)26(28)29)15-14-20-11-6-5-7-12-20;/h5-7,9,11-15,17,27H,8,10,16H2,1-4H3,(H,28,29);/q;+1/p-1/b15-14+,19-13+;. The predicted molar refractivity (Wildman–Crippen MR) is 120 cm³/mol. The summed E-state index contributed by atoms with van der Waals surface area (Å²) < 4.78 is 5.45. The number of hydrogen-bond acceptors (Lipinski definition) is 4.